The molecule has 172 valence electrons. The van der Waals surface area contributed by atoms with Crippen molar-refractivity contribution in [2.75, 3.05) is 52.1 Å². The van der Waals surface area contributed by atoms with Crippen LogP contribution in [0.2, 0.25) is 0 Å². The fourth-order valence-electron chi connectivity index (χ4n) is 3.17. The summed E-state index contributed by atoms with van der Waals surface area (Å²) in [5.41, 5.74) is 6.97. The Hall–Kier alpha value is -2.72. The number of nitrogens with zero attached hydrogens (tertiary/aromatic N) is 2. The fourth-order valence-corrected chi connectivity index (χ4v) is 4.02. The third-order valence-corrected chi connectivity index (χ3v) is 5.72. The van der Waals surface area contributed by atoms with Crippen molar-refractivity contribution in [3.8, 4) is 11.5 Å². The van der Waals surface area contributed by atoms with Gasteiger partial charge in [0, 0.05) is 25.3 Å². The molecule has 1 aliphatic heterocycles. The van der Waals surface area contributed by atoms with E-state index in [0.717, 1.165) is 39.8 Å². The predicted molar refractivity (Wildman–Crippen MR) is 130 cm³/mol. The Morgan fingerprint density at radius 2 is 1.94 bits per heavy atom. The standard InChI is InChI=1S/C23H30N4O4S/c1-28-12-10-17-9-11-27(24-15-17)21-8-6-19(26-31-4)13-23(21)32-25-16-18-5-7-20(29-2)14-22(18)30-3/h5-9,13-15,25-26H,10-12,16H2,1-4H3. The molecule has 9 heteroatoms. The Morgan fingerprint density at radius 3 is 2.62 bits per heavy atom. The summed E-state index contributed by atoms with van der Waals surface area (Å²) in [7, 11) is 6.60. The van der Waals surface area contributed by atoms with Gasteiger partial charge >= 0.3 is 0 Å². The van der Waals surface area contributed by atoms with Gasteiger partial charge in [-0.1, -0.05) is 12.1 Å². The van der Waals surface area contributed by atoms with E-state index in [1.165, 1.54) is 17.5 Å². The highest BCUT2D eigenvalue weighted by atomic mass is 32.2. The Labute approximate surface area is 193 Å². The molecule has 0 radical (unpaired) electrons. The first kappa shape index (κ1) is 23.9. The van der Waals surface area contributed by atoms with E-state index in [-0.39, 0.29) is 0 Å². The molecule has 0 spiro atoms. The van der Waals surface area contributed by atoms with Crippen molar-refractivity contribution in [1.29, 1.82) is 0 Å². The van der Waals surface area contributed by atoms with Crippen LogP contribution < -0.4 is 24.7 Å². The molecule has 0 atom stereocenters. The maximum atomic E-state index is 5.50. The molecule has 0 fully saturated rings. The molecule has 8 nitrogen and oxygen atoms in total. The zero-order chi connectivity index (χ0) is 22.8. The number of hydrogen-bond donors (Lipinski definition) is 2. The van der Waals surface area contributed by atoms with Gasteiger partial charge in [-0.15, -0.1) is 0 Å². The number of rotatable bonds is 12. The zero-order valence-corrected chi connectivity index (χ0v) is 19.7. The van der Waals surface area contributed by atoms with Crippen LogP contribution in [0.4, 0.5) is 11.4 Å². The second-order valence-electron chi connectivity index (χ2n) is 6.94. The molecule has 32 heavy (non-hydrogen) atoms. The second-order valence-corrected chi connectivity index (χ2v) is 7.87. The molecule has 3 rings (SSSR count). The van der Waals surface area contributed by atoms with Crippen molar-refractivity contribution in [3.63, 3.8) is 0 Å². The van der Waals surface area contributed by atoms with Crippen molar-refractivity contribution in [2.45, 2.75) is 17.9 Å². The largest absolute Gasteiger partial charge is 0.497 e. The Bertz CT molecular complexity index is 952. The van der Waals surface area contributed by atoms with E-state index in [1.54, 1.807) is 28.4 Å². The van der Waals surface area contributed by atoms with Crippen molar-refractivity contribution in [1.82, 2.24) is 4.72 Å². The Kier molecular flexibility index (Phi) is 9.24. The Balaban J connectivity index is 1.72. The van der Waals surface area contributed by atoms with Crippen LogP contribution in [-0.2, 0) is 16.1 Å². The van der Waals surface area contributed by atoms with Gasteiger partial charge in [0.25, 0.3) is 0 Å². The normalized spacial score (nSPS) is 13.1. The molecule has 0 aliphatic carbocycles. The van der Waals surface area contributed by atoms with Gasteiger partial charge in [-0.3, -0.25) is 20.0 Å². The quantitative estimate of drug-likeness (QED) is 0.361. The maximum absolute atomic E-state index is 5.50. The van der Waals surface area contributed by atoms with E-state index in [0.29, 0.717) is 19.7 Å². The summed E-state index contributed by atoms with van der Waals surface area (Å²) in [6, 6.07) is 11.8. The predicted octanol–water partition coefficient (Wildman–Crippen LogP) is 4.24. The third kappa shape index (κ3) is 6.39. The molecule has 1 aliphatic rings. The van der Waals surface area contributed by atoms with Crippen LogP contribution in [-0.4, -0.2) is 47.8 Å². The first-order chi connectivity index (χ1) is 15.7. The van der Waals surface area contributed by atoms with Crippen molar-refractivity contribution >= 4 is 29.5 Å². The lowest BCUT2D eigenvalue weighted by atomic mass is 10.2. The summed E-state index contributed by atoms with van der Waals surface area (Å²) in [6.07, 6.45) is 4.93. The number of nitrogens with one attached hydrogen (secondary N) is 2. The number of hydrazone groups is 1. The number of ether oxygens (including phenoxy) is 3. The summed E-state index contributed by atoms with van der Waals surface area (Å²) >= 11 is 1.53. The van der Waals surface area contributed by atoms with Gasteiger partial charge in [0.05, 0.1) is 57.0 Å². The SMILES string of the molecule is COCCC1=CCN(c2ccc(NOC)cc2SNCc2ccc(OC)cc2OC)N=C1. The molecule has 0 bridgehead atoms. The summed E-state index contributed by atoms with van der Waals surface area (Å²) in [4.78, 5) is 6.09. The van der Waals surface area contributed by atoms with Crippen LogP contribution >= 0.6 is 11.9 Å². The highest BCUT2D eigenvalue weighted by molar-refractivity contribution is 7.97. The summed E-state index contributed by atoms with van der Waals surface area (Å²) in [6.45, 7) is 2.01. The summed E-state index contributed by atoms with van der Waals surface area (Å²) < 4.78 is 19.4. The van der Waals surface area contributed by atoms with Crippen molar-refractivity contribution < 1.29 is 19.0 Å². The molecule has 0 amide bonds. The minimum atomic E-state index is 0.615. The second kappa shape index (κ2) is 12.4. The molecule has 2 aromatic carbocycles. The van der Waals surface area contributed by atoms with E-state index in [9.17, 15) is 0 Å². The first-order valence-corrected chi connectivity index (χ1v) is 11.0. The van der Waals surface area contributed by atoms with Crippen LogP contribution in [0.25, 0.3) is 0 Å². The van der Waals surface area contributed by atoms with Gasteiger partial charge in [0.2, 0.25) is 0 Å². The average molecular weight is 459 g/mol. The van der Waals surface area contributed by atoms with Crippen LogP contribution in [0.5, 0.6) is 11.5 Å². The minimum Gasteiger partial charge on any atom is -0.497 e. The van der Waals surface area contributed by atoms with E-state index >= 15 is 0 Å². The van der Waals surface area contributed by atoms with E-state index in [1.807, 2.05) is 47.6 Å². The highest BCUT2D eigenvalue weighted by Gasteiger charge is 2.15. The average Bonchev–Trinajstić information content (AvgIpc) is 2.83. The molecule has 1 heterocycles. The topological polar surface area (TPSA) is 76.6 Å². The maximum Gasteiger partial charge on any atom is 0.127 e. The van der Waals surface area contributed by atoms with Crippen LogP contribution in [0.3, 0.4) is 0 Å². The minimum absolute atomic E-state index is 0.615. The lowest BCUT2D eigenvalue weighted by molar-refractivity contribution is 0.203. The van der Waals surface area contributed by atoms with Crippen LogP contribution in [0, 0.1) is 0 Å². The smallest absolute Gasteiger partial charge is 0.127 e. The Morgan fingerprint density at radius 1 is 1.06 bits per heavy atom. The lowest BCUT2D eigenvalue weighted by Gasteiger charge is -2.24. The van der Waals surface area contributed by atoms with Gasteiger partial charge < -0.3 is 14.2 Å². The monoisotopic (exact) mass is 458 g/mol. The summed E-state index contributed by atoms with van der Waals surface area (Å²) in [5, 5.41) is 6.62. The molecular weight excluding hydrogens is 428 g/mol. The van der Waals surface area contributed by atoms with Gasteiger partial charge in [-0.2, -0.15) is 5.10 Å². The van der Waals surface area contributed by atoms with E-state index in [4.69, 9.17) is 19.0 Å². The van der Waals surface area contributed by atoms with Gasteiger partial charge in [0.1, 0.15) is 11.5 Å². The molecule has 2 aromatic rings. The van der Waals surface area contributed by atoms with Gasteiger partial charge in [-0.25, -0.2) is 0 Å². The number of anilines is 2. The number of benzene rings is 2. The van der Waals surface area contributed by atoms with E-state index in [2.05, 4.69) is 21.4 Å². The number of hydrogen-bond acceptors (Lipinski definition) is 9. The molecule has 0 saturated heterocycles. The van der Waals surface area contributed by atoms with Gasteiger partial charge in [0.15, 0.2) is 0 Å². The summed E-state index contributed by atoms with van der Waals surface area (Å²) in [5.74, 6) is 1.54. The number of methoxy groups -OCH3 is 3. The molecule has 0 aromatic heterocycles. The van der Waals surface area contributed by atoms with Gasteiger partial charge in [-0.05, 0) is 48.2 Å². The van der Waals surface area contributed by atoms with E-state index < -0.39 is 0 Å². The lowest BCUT2D eigenvalue weighted by Crippen LogP contribution is -2.22. The molecule has 2 N–H and O–H groups in total. The third-order valence-electron chi connectivity index (χ3n) is 4.88. The fraction of sp³-hybridized carbons (Fsp3) is 0.348. The van der Waals surface area contributed by atoms with Crippen LogP contribution in [0.1, 0.15) is 12.0 Å². The van der Waals surface area contributed by atoms with Crippen molar-refractivity contribution in [3.05, 3.63) is 53.6 Å². The zero-order valence-electron chi connectivity index (χ0n) is 18.9. The first-order valence-electron chi connectivity index (χ1n) is 10.2. The molecule has 0 saturated carbocycles. The molecular formula is C23H30N4O4S. The van der Waals surface area contributed by atoms with Crippen molar-refractivity contribution in [2.24, 2.45) is 5.10 Å². The molecule has 0 unspecified atom stereocenters. The highest BCUT2D eigenvalue weighted by Crippen LogP contribution is 2.33. The van der Waals surface area contributed by atoms with Crippen LogP contribution in [0.15, 0.2) is 58.0 Å².